The predicted molar refractivity (Wildman–Crippen MR) is 311 cm³/mol. The van der Waals surface area contributed by atoms with E-state index in [-0.39, 0.29) is 31.1 Å². The van der Waals surface area contributed by atoms with Gasteiger partial charge in [-0.3, -0.25) is 14.4 Å². The first-order chi connectivity index (χ1) is 35.5. The second-order valence-electron chi connectivity index (χ2n) is 20.7. The van der Waals surface area contributed by atoms with Gasteiger partial charge in [-0.2, -0.15) is 0 Å². The van der Waals surface area contributed by atoms with Gasteiger partial charge in [-0.1, -0.05) is 299 Å². The summed E-state index contributed by atoms with van der Waals surface area (Å²) in [4.78, 5) is 38.3. The van der Waals surface area contributed by atoms with Gasteiger partial charge in [-0.05, 0) is 64.2 Å². The van der Waals surface area contributed by atoms with E-state index in [4.69, 9.17) is 14.2 Å². The number of esters is 3. The number of carbonyl (C=O) groups excluding carboxylic acids is 3. The zero-order chi connectivity index (χ0) is 52.2. The lowest BCUT2D eigenvalue weighted by atomic mass is 10.0. The van der Waals surface area contributed by atoms with Crippen molar-refractivity contribution in [3.8, 4) is 0 Å². The van der Waals surface area contributed by atoms with E-state index in [0.717, 1.165) is 96.3 Å². The molecule has 0 aromatic heterocycles. The van der Waals surface area contributed by atoms with Crippen LogP contribution >= 0.6 is 0 Å². The van der Waals surface area contributed by atoms with Gasteiger partial charge in [0.2, 0.25) is 0 Å². The van der Waals surface area contributed by atoms with E-state index in [1.807, 2.05) is 24.3 Å². The van der Waals surface area contributed by atoms with E-state index in [1.165, 1.54) is 173 Å². The Labute approximate surface area is 446 Å². The smallest absolute Gasteiger partial charge is 0.306 e. The van der Waals surface area contributed by atoms with Crippen LogP contribution < -0.4 is 0 Å². The quantitative estimate of drug-likeness (QED) is 0.0199. The Bertz CT molecular complexity index is 1340. The van der Waals surface area contributed by atoms with Crippen molar-refractivity contribution in [1.82, 2.24) is 0 Å². The molecular formula is C66H116O6. The summed E-state index contributed by atoms with van der Waals surface area (Å²) >= 11 is 0. The molecule has 0 N–H and O–H groups in total. The van der Waals surface area contributed by atoms with Gasteiger partial charge in [0.15, 0.2) is 6.10 Å². The number of allylic oxidation sites excluding steroid dienone is 12. The fourth-order valence-electron chi connectivity index (χ4n) is 8.88. The topological polar surface area (TPSA) is 78.9 Å². The number of rotatable bonds is 56. The van der Waals surface area contributed by atoms with Crippen LogP contribution in [0.1, 0.15) is 310 Å². The van der Waals surface area contributed by atoms with Crippen molar-refractivity contribution in [3.63, 3.8) is 0 Å². The monoisotopic (exact) mass is 1000 g/mol. The van der Waals surface area contributed by atoms with Crippen molar-refractivity contribution >= 4 is 17.9 Å². The lowest BCUT2D eigenvalue weighted by Gasteiger charge is -2.18. The Balaban J connectivity index is 4.42. The molecule has 0 bridgehead atoms. The molecule has 0 saturated carbocycles. The summed E-state index contributed by atoms with van der Waals surface area (Å²) in [6.45, 7) is 6.57. The van der Waals surface area contributed by atoms with Crippen LogP contribution in [0.3, 0.4) is 0 Å². The molecule has 0 fully saturated rings. The fourth-order valence-corrected chi connectivity index (χ4v) is 8.88. The van der Waals surface area contributed by atoms with Crippen LogP contribution in [-0.2, 0) is 28.6 Å². The Kier molecular flexibility index (Phi) is 57.8. The SMILES string of the molecule is CCC\C=C/C=C\C=C/C=C\C=C/CCCCCCCC(=O)OCC(COC(=O)CCCCCCCCCCCCCCCCCCCC)OC(=O)CCCCCCC/C=C\CCCCCCCCCCC. The van der Waals surface area contributed by atoms with Crippen molar-refractivity contribution in [2.24, 2.45) is 0 Å². The first-order valence-electron chi connectivity index (χ1n) is 31.0. The molecule has 0 rings (SSSR count). The molecule has 6 heteroatoms. The number of hydrogen-bond donors (Lipinski definition) is 0. The maximum absolute atomic E-state index is 12.9. The summed E-state index contributed by atoms with van der Waals surface area (Å²) in [6, 6.07) is 0. The van der Waals surface area contributed by atoms with Crippen molar-refractivity contribution in [2.45, 2.75) is 316 Å². The van der Waals surface area contributed by atoms with Crippen molar-refractivity contribution in [3.05, 3.63) is 72.9 Å². The second kappa shape index (κ2) is 60.4. The number of carbonyl (C=O) groups is 3. The Hall–Kier alpha value is -3.15. The molecule has 0 aliphatic rings. The van der Waals surface area contributed by atoms with Crippen molar-refractivity contribution < 1.29 is 28.6 Å². The van der Waals surface area contributed by atoms with Crippen molar-refractivity contribution in [2.75, 3.05) is 13.2 Å². The standard InChI is InChI=1S/C66H116O6/c1-4-7-10-13-16-19-22-25-28-31-34-37-40-43-46-49-52-55-58-64(67)70-61-63(72-66(69)60-57-54-51-48-45-42-39-36-33-30-27-24-21-18-15-12-9-6-3)62-71-65(68)59-56-53-50-47-44-41-38-35-32-29-26-23-20-17-14-11-8-5-2/h10,13,16,19,22,25,28,31,34,36-37,39,63H,4-9,11-12,14-15,17-18,20-21,23-24,26-27,29-30,32-33,35,38,40-62H2,1-3H3/b13-10-,19-16-,25-22-,31-28-,37-34-,39-36-. The Morgan fingerprint density at radius 1 is 0.278 bits per heavy atom. The highest BCUT2D eigenvalue weighted by Crippen LogP contribution is 2.17. The van der Waals surface area contributed by atoms with E-state index in [2.05, 4.69) is 69.4 Å². The lowest BCUT2D eigenvalue weighted by Crippen LogP contribution is -2.30. The summed E-state index contributed by atoms with van der Waals surface area (Å²) in [6.07, 6.45) is 77.5. The molecule has 0 saturated heterocycles. The van der Waals surface area contributed by atoms with Crippen LogP contribution in [0.25, 0.3) is 0 Å². The Morgan fingerprint density at radius 2 is 0.542 bits per heavy atom. The largest absolute Gasteiger partial charge is 0.462 e. The average Bonchev–Trinajstić information content (AvgIpc) is 3.38. The summed E-state index contributed by atoms with van der Waals surface area (Å²) in [5.41, 5.74) is 0. The molecule has 1 atom stereocenters. The van der Waals surface area contributed by atoms with Gasteiger partial charge < -0.3 is 14.2 Å². The van der Waals surface area contributed by atoms with Gasteiger partial charge in [0.1, 0.15) is 13.2 Å². The van der Waals surface area contributed by atoms with Gasteiger partial charge in [-0.15, -0.1) is 0 Å². The highest BCUT2D eigenvalue weighted by atomic mass is 16.6. The third-order valence-corrected chi connectivity index (χ3v) is 13.5. The van der Waals surface area contributed by atoms with Crippen molar-refractivity contribution in [1.29, 1.82) is 0 Å². The third kappa shape index (κ3) is 57.7. The van der Waals surface area contributed by atoms with Crippen LogP contribution in [0.5, 0.6) is 0 Å². The molecule has 0 aliphatic heterocycles. The minimum atomic E-state index is -0.790. The van der Waals surface area contributed by atoms with Crippen LogP contribution in [-0.4, -0.2) is 37.2 Å². The fraction of sp³-hybridized carbons (Fsp3) is 0.773. The number of unbranched alkanes of at least 4 members (excludes halogenated alkanes) is 37. The zero-order valence-electron chi connectivity index (χ0n) is 47.7. The molecule has 0 aliphatic carbocycles. The number of ether oxygens (including phenoxy) is 3. The second-order valence-corrected chi connectivity index (χ2v) is 20.7. The van der Waals surface area contributed by atoms with Crippen LogP contribution in [0.4, 0.5) is 0 Å². The summed E-state index contributed by atoms with van der Waals surface area (Å²) < 4.78 is 16.9. The third-order valence-electron chi connectivity index (χ3n) is 13.5. The van der Waals surface area contributed by atoms with E-state index in [1.54, 1.807) is 0 Å². The van der Waals surface area contributed by atoms with Gasteiger partial charge in [0.25, 0.3) is 0 Å². The maximum atomic E-state index is 12.9. The lowest BCUT2D eigenvalue weighted by molar-refractivity contribution is -0.167. The van der Waals surface area contributed by atoms with E-state index >= 15 is 0 Å². The van der Waals surface area contributed by atoms with Crippen LogP contribution in [0.2, 0.25) is 0 Å². The first kappa shape index (κ1) is 68.8. The normalized spacial score (nSPS) is 12.5. The van der Waals surface area contributed by atoms with Gasteiger partial charge in [0.05, 0.1) is 0 Å². The van der Waals surface area contributed by atoms with E-state index in [0.29, 0.717) is 19.3 Å². The molecule has 6 nitrogen and oxygen atoms in total. The molecule has 0 aromatic carbocycles. The predicted octanol–water partition coefficient (Wildman–Crippen LogP) is 20.9. The first-order valence-corrected chi connectivity index (χ1v) is 31.0. The zero-order valence-corrected chi connectivity index (χ0v) is 47.7. The Morgan fingerprint density at radius 3 is 0.875 bits per heavy atom. The highest BCUT2D eigenvalue weighted by molar-refractivity contribution is 5.71. The molecule has 0 heterocycles. The summed E-state index contributed by atoms with van der Waals surface area (Å²) in [5, 5.41) is 0. The molecule has 416 valence electrons. The molecule has 0 amide bonds. The van der Waals surface area contributed by atoms with Gasteiger partial charge in [-0.25, -0.2) is 0 Å². The van der Waals surface area contributed by atoms with E-state index in [9.17, 15) is 14.4 Å². The van der Waals surface area contributed by atoms with E-state index < -0.39 is 6.10 Å². The maximum Gasteiger partial charge on any atom is 0.306 e. The molecular weight excluding hydrogens is 889 g/mol. The minimum Gasteiger partial charge on any atom is -0.462 e. The molecule has 0 spiro atoms. The molecule has 72 heavy (non-hydrogen) atoms. The molecule has 1 unspecified atom stereocenters. The minimum absolute atomic E-state index is 0.0845. The van der Waals surface area contributed by atoms with Crippen LogP contribution in [0, 0.1) is 0 Å². The molecule has 0 aromatic rings. The molecule has 0 radical (unpaired) electrons. The number of hydrogen-bond acceptors (Lipinski definition) is 6. The summed E-state index contributed by atoms with van der Waals surface area (Å²) in [5.74, 6) is -0.904. The summed E-state index contributed by atoms with van der Waals surface area (Å²) in [7, 11) is 0. The van der Waals surface area contributed by atoms with Gasteiger partial charge in [0, 0.05) is 19.3 Å². The average molecular weight is 1010 g/mol. The highest BCUT2D eigenvalue weighted by Gasteiger charge is 2.19. The van der Waals surface area contributed by atoms with Crippen LogP contribution in [0.15, 0.2) is 72.9 Å². The van der Waals surface area contributed by atoms with Gasteiger partial charge >= 0.3 is 17.9 Å².